The maximum Gasteiger partial charge on any atom is 0.0709 e. The van der Waals surface area contributed by atoms with Crippen LogP contribution in [0.1, 0.15) is 18.9 Å². The Balaban J connectivity index is 2.32. The molecular weight excluding hydrogens is 292 g/mol. The lowest BCUT2D eigenvalue weighted by molar-refractivity contribution is 0.0559. The van der Waals surface area contributed by atoms with Gasteiger partial charge in [0.25, 0.3) is 0 Å². The van der Waals surface area contributed by atoms with E-state index in [2.05, 4.69) is 52.1 Å². The first-order chi connectivity index (χ1) is 8.65. The summed E-state index contributed by atoms with van der Waals surface area (Å²) in [5.41, 5.74) is 6.99. The van der Waals surface area contributed by atoms with Crippen LogP contribution in [0.2, 0.25) is 0 Å². The summed E-state index contributed by atoms with van der Waals surface area (Å²) in [6.07, 6.45) is 1.17. The van der Waals surface area contributed by atoms with Crippen molar-refractivity contribution in [2.45, 2.75) is 26.0 Å². The number of hydrogen-bond donors (Lipinski definition) is 1. The van der Waals surface area contributed by atoms with E-state index in [4.69, 9.17) is 10.5 Å². The van der Waals surface area contributed by atoms with Gasteiger partial charge in [0, 0.05) is 30.7 Å². The van der Waals surface area contributed by atoms with E-state index in [1.165, 1.54) is 5.56 Å². The van der Waals surface area contributed by atoms with Crippen molar-refractivity contribution in [3.63, 3.8) is 0 Å². The predicted octanol–water partition coefficient (Wildman–Crippen LogP) is 2.63. The fourth-order valence-corrected chi connectivity index (χ4v) is 2.11. The Kier molecular flexibility index (Phi) is 7.51. The van der Waals surface area contributed by atoms with Crippen molar-refractivity contribution in [2.24, 2.45) is 5.73 Å². The van der Waals surface area contributed by atoms with Crippen LogP contribution in [-0.4, -0.2) is 37.7 Å². The molecule has 1 unspecified atom stereocenters. The molecule has 0 fully saturated rings. The first kappa shape index (κ1) is 15.6. The maximum atomic E-state index is 5.67. The second-order valence-electron chi connectivity index (χ2n) is 4.47. The van der Waals surface area contributed by atoms with Crippen LogP contribution in [0.25, 0.3) is 0 Å². The fraction of sp³-hybridized carbons (Fsp3) is 0.571. The van der Waals surface area contributed by atoms with Crippen molar-refractivity contribution >= 4 is 15.9 Å². The largest absolute Gasteiger partial charge is 0.377 e. The third-order valence-electron chi connectivity index (χ3n) is 2.86. The highest BCUT2D eigenvalue weighted by molar-refractivity contribution is 9.10. The lowest BCUT2D eigenvalue weighted by Crippen LogP contribution is -2.29. The second-order valence-corrected chi connectivity index (χ2v) is 5.38. The molecule has 1 aromatic rings. The standard InChI is InChI=1S/C14H23BrN2O/c1-3-18-14(10-16)8-9-17(2)11-12-4-6-13(15)7-5-12/h4-7,14H,3,8-11,16H2,1-2H3. The van der Waals surface area contributed by atoms with Crippen LogP contribution in [0.4, 0.5) is 0 Å². The van der Waals surface area contributed by atoms with Gasteiger partial charge in [-0.25, -0.2) is 0 Å². The number of halogens is 1. The molecule has 3 nitrogen and oxygen atoms in total. The molecule has 18 heavy (non-hydrogen) atoms. The van der Waals surface area contributed by atoms with Gasteiger partial charge in [0.1, 0.15) is 0 Å². The zero-order valence-electron chi connectivity index (χ0n) is 11.2. The first-order valence-electron chi connectivity index (χ1n) is 6.40. The van der Waals surface area contributed by atoms with Crippen LogP contribution in [0.15, 0.2) is 28.7 Å². The minimum absolute atomic E-state index is 0.183. The Bertz CT molecular complexity index is 329. The highest BCUT2D eigenvalue weighted by Crippen LogP contribution is 2.12. The van der Waals surface area contributed by atoms with Gasteiger partial charge in [-0.05, 0) is 38.1 Å². The van der Waals surface area contributed by atoms with E-state index in [0.717, 1.165) is 30.6 Å². The van der Waals surface area contributed by atoms with Crippen molar-refractivity contribution in [2.75, 3.05) is 26.7 Å². The molecule has 0 saturated carbocycles. The van der Waals surface area contributed by atoms with Crippen molar-refractivity contribution in [1.82, 2.24) is 4.90 Å². The minimum atomic E-state index is 0.183. The van der Waals surface area contributed by atoms with Crippen LogP contribution in [0.5, 0.6) is 0 Å². The zero-order chi connectivity index (χ0) is 13.4. The van der Waals surface area contributed by atoms with Crippen molar-refractivity contribution in [3.05, 3.63) is 34.3 Å². The number of benzene rings is 1. The summed E-state index contributed by atoms with van der Waals surface area (Å²) in [6.45, 7) is 5.29. The Morgan fingerprint density at radius 2 is 2.00 bits per heavy atom. The van der Waals surface area contributed by atoms with Gasteiger partial charge in [-0.2, -0.15) is 0 Å². The van der Waals surface area contributed by atoms with Crippen molar-refractivity contribution in [3.8, 4) is 0 Å². The van der Waals surface area contributed by atoms with Crippen molar-refractivity contribution < 1.29 is 4.74 Å². The first-order valence-corrected chi connectivity index (χ1v) is 7.19. The summed E-state index contributed by atoms with van der Waals surface area (Å²) in [4.78, 5) is 2.30. The number of nitrogens with two attached hydrogens (primary N) is 1. The van der Waals surface area contributed by atoms with Gasteiger partial charge in [-0.15, -0.1) is 0 Å². The Morgan fingerprint density at radius 3 is 2.56 bits per heavy atom. The highest BCUT2D eigenvalue weighted by atomic mass is 79.9. The molecule has 0 aliphatic heterocycles. The van der Waals surface area contributed by atoms with E-state index in [1.807, 2.05) is 6.92 Å². The van der Waals surface area contributed by atoms with Crippen LogP contribution < -0.4 is 5.73 Å². The molecule has 1 aromatic carbocycles. The molecule has 2 N–H and O–H groups in total. The molecule has 0 aliphatic rings. The third kappa shape index (κ3) is 5.96. The lowest BCUT2D eigenvalue weighted by atomic mass is 10.2. The third-order valence-corrected chi connectivity index (χ3v) is 3.39. The van der Waals surface area contributed by atoms with Gasteiger partial charge in [-0.3, -0.25) is 0 Å². The average molecular weight is 315 g/mol. The fourth-order valence-electron chi connectivity index (χ4n) is 1.85. The Morgan fingerprint density at radius 1 is 1.33 bits per heavy atom. The quantitative estimate of drug-likeness (QED) is 0.801. The van der Waals surface area contributed by atoms with Crippen LogP contribution in [0.3, 0.4) is 0 Å². The second kappa shape index (κ2) is 8.64. The van der Waals surface area contributed by atoms with Gasteiger partial charge < -0.3 is 15.4 Å². The van der Waals surface area contributed by atoms with Gasteiger partial charge in [0.15, 0.2) is 0 Å². The SMILES string of the molecule is CCOC(CN)CCN(C)Cc1ccc(Br)cc1. The summed E-state index contributed by atoms with van der Waals surface area (Å²) in [7, 11) is 2.13. The molecule has 1 atom stereocenters. The van der Waals surface area contributed by atoms with Gasteiger partial charge >= 0.3 is 0 Å². The molecular formula is C14H23BrN2O. The van der Waals surface area contributed by atoms with Gasteiger partial charge in [0.05, 0.1) is 6.10 Å². The summed E-state index contributed by atoms with van der Waals surface area (Å²) >= 11 is 3.44. The minimum Gasteiger partial charge on any atom is -0.377 e. The monoisotopic (exact) mass is 314 g/mol. The molecule has 4 heteroatoms. The Hall–Kier alpha value is -0.420. The summed E-state index contributed by atoms with van der Waals surface area (Å²) in [6, 6.07) is 8.44. The molecule has 0 saturated heterocycles. The molecule has 102 valence electrons. The molecule has 0 bridgehead atoms. The molecule has 0 aliphatic carbocycles. The van der Waals surface area contributed by atoms with Crippen LogP contribution in [-0.2, 0) is 11.3 Å². The topological polar surface area (TPSA) is 38.5 Å². The predicted molar refractivity (Wildman–Crippen MR) is 79.6 cm³/mol. The molecule has 0 spiro atoms. The maximum absolute atomic E-state index is 5.67. The van der Waals surface area contributed by atoms with Crippen LogP contribution in [0, 0.1) is 0 Å². The Labute approximate surface area is 118 Å². The van der Waals surface area contributed by atoms with E-state index >= 15 is 0 Å². The summed E-state index contributed by atoms with van der Waals surface area (Å²) < 4.78 is 6.67. The van der Waals surface area contributed by atoms with E-state index in [9.17, 15) is 0 Å². The van der Waals surface area contributed by atoms with E-state index in [-0.39, 0.29) is 6.10 Å². The highest BCUT2D eigenvalue weighted by Gasteiger charge is 2.08. The average Bonchev–Trinajstić information content (AvgIpc) is 2.37. The molecule has 0 aromatic heterocycles. The van der Waals surface area contributed by atoms with Gasteiger partial charge in [-0.1, -0.05) is 28.1 Å². The summed E-state index contributed by atoms with van der Waals surface area (Å²) in [5, 5.41) is 0. The smallest absolute Gasteiger partial charge is 0.0709 e. The number of ether oxygens (including phenoxy) is 1. The molecule has 0 heterocycles. The molecule has 0 amide bonds. The number of rotatable bonds is 8. The zero-order valence-corrected chi connectivity index (χ0v) is 12.8. The van der Waals surface area contributed by atoms with Crippen molar-refractivity contribution in [1.29, 1.82) is 0 Å². The normalized spacial score (nSPS) is 12.9. The van der Waals surface area contributed by atoms with E-state index < -0.39 is 0 Å². The lowest BCUT2D eigenvalue weighted by Gasteiger charge is -2.20. The van der Waals surface area contributed by atoms with Gasteiger partial charge in [0.2, 0.25) is 0 Å². The van der Waals surface area contributed by atoms with E-state index in [0.29, 0.717) is 6.54 Å². The molecule has 1 rings (SSSR count). The number of nitrogens with zero attached hydrogens (tertiary/aromatic N) is 1. The number of hydrogen-bond acceptors (Lipinski definition) is 3. The van der Waals surface area contributed by atoms with E-state index in [1.54, 1.807) is 0 Å². The summed E-state index contributed by atoms with van der Waals surface area (Å²) in [5.74, 6) is 0. The molecule has 0 radical (unpaired) electrons. The van der Waals surface area contributed by atoms with Crippen LogP contribution >= 0.6 is 15.9 Å².